The van der Waals surface area contributed by atoms with Crippen LogP contribution < -0.4 is 0 Å². The van der Waals surface area contributed by atoms with Crippen LogP contribution in [0.25, 0.3) is 0 Å². The van der Waals surface area contributed by atoms with Crippen LogP contribution in [-0.2, 0) is 14.3 Å². The molecule has 0 aromatic rings. The van der Waals surface area contributed by atoms with E-state index in [1.807, 2.05) is 32.4 Å². The monoisotopic (exact) mass is 400 g/mol. The maximum atomic E-state index is 13.6. The van der Waals surface area contributed by atoms with E-state index in [4.69, 9.17) is 27.7 Å². The Morgan fingerprint density at radius 1 is 1.08 bits per heavy atom. The van der Waals surface area contributed by atoms with Crippen LogP contribution >= 0.6 is 30.9 Å². The highest BCUT2D eigenvalue weighted by Crippen LogP contribution is 2.60. The number of hydroxylamine groups is 2. The fraction of sp³-hybridized carbons (Fsp3) is 1.00. The van der Waals surface area contributed by atoms with Crippen LogP contribution in [-0.4, -0.2) is 69.5 Å². The normalized spacial score (nSPS) is 27.3. The van der Waals surface area contributed by atoms with E-state index >= 15 is 0 Å². The number of alkyl halides is 2. The van der Waals surface area contributed by atoms with Crippen molar-refractivity contribution in [1.82, 2.24) is 14.4 Å². The zero-order valence-corrected chi connectivity index (χ0v) is 17.4. The van der Waals surface area contributed by atoms with Gasteiger partial charge in [-0.15, -0.1) is 33.5 Å². The summed E-state index contributed by atoms with van der Waals surface area (Å²) in [5.41, 5.74) is -1.11. The van der Waals surface area contributed by atoms with Crippen molar-refractivity contribution in [3.8, 4) is 0 Å². The first-order valence-electron chi connectivity index (χ1n) is 8.45. The molecule has 0 N–H and O–H groups in total. The molecule has 6 nitrogen and oxygen atoms in total. The van der Waals surface area contributed by atoms with Gasteiger partial charge in [0.25, 0.3) is 0 Å². The van der Waals surface area contributed by atoms with E-state index < -0.39 is 18.7 Å². The molecule has 0 spiro atoms. The molecule has 0 amide bonds. The average Bonchev–Trinajstić information content (AvgIpc) is 3.28. The predicted octanol–water partition coefficient (Wildman–Crippen LogP) is 3.57. The number of halogens is 2. The molecule has 141 valence electrons. The summed E-state index contributed by atoms with van der Waals surface area (Å²) < 4.78 is 23.5. The number of hydrogen-bond donors (Lipinski definition) is 0. The zero-order chi connectivity index (χ0) is 18.2. The van der Waals surface area contributed by atoms with Crippen LogP contribution in [0.2, 0.25) is 0 Å². The minimum atomic E-state index is -3.15. The van der Waals surface area contributed by atoms with Gasteiger partial charge in [-0.3, -0.25) is 4.57 Å². The van der Waals surface area contributed by atoms with Crippen LogP contribution in [0, 0.1) is 0 Å². The molecule has 0 bridgehead atoms. The fourth-order valence-electron chi connectivity index (χ4n) is 3.61. The molecular weight excluding hydrogens is 372 g/mol. The Morgan fingerprint density at radius 2 is 1.54 bits per heavy atom. The van der Waals surface area contributed by atoms with Gasteiger partial charge in [-0.2, -0.15) is 0 Å². The molecule has 2 aliphatic rings. The molecule has 1 radical (unpaired) electrons. The van der Waals surface area contributed by atoms with E-state index in [-0.39, 0.29) is 6.10 Å². The smallest absolute Gasteiger partial charge is 0.302 e. The second-order valence-corrected chi connectivity index (χ2v) is 10.9. The van der Waals surface area contributed by atoms with Gasteiger partial charge in [0.05, 0.1) is 6.10 Å². The summed E-state index contributed by atoms with van der Waals surface area (Å²) in [4.78, 5) is 0. The topological polar surface area (TPSA) is 55.7 Å². The van der Waals surface area contributed by atoms with E-state index in [0.29, 0.717) is 37.7 Å². The first-order chi connectivity index (χ1) is 11.1. The van der Waals surface area contributed by atoms with Gasteiger partial charge in [-0.05, 0) is 40.5 Å². The molecule has 0 aromatic heterocycles. The van der Waals surface area contributed by atoms with Gasteiger partial charge in [-0.25, -0.2) is 9.34 Å². The highest BCUT2D eigenvalue weighted by Gasteiger charge is 2.51. The molecule has 2 heterocycles. The molecule has 1 atom stereocenters. The highest BCUT2D eigenvalue weighted by molar-refractivity contribution is 7.54. The Balaban J connectivity index is 2.20. The van der Waals surface area contributed by atoms with Gasteiger partial charge in [0, 0.05) is 49.0 Å². The van der Waals surface area contributed by atoms with Crippen LogP contribution in [0.15, 0.2) is 0 Å². The minimum Gasteiger partial charge on any atom is -0.302 e. The van der Waals surface area contributed by atoms with Crippen LogP contribution in [0.5, 0.6) is 0 Å². The molecule has 2 saturated heterocycles. The van der Waals surface area contributed by atoms with E-state index in [1.165, 1.54) is 0 Å². The Kier molecular flexibility index (Phi) is 6.70. The molecule has 2 aliphatic heterocycles. The Morgan fingerprint density at radius 3 is 1.92 bits per heavy atom. The van der Waals surface area contributed by atoms with Crippen molar-refractivity contribution in [2.75, 3.05) is 37.9 Å². The lowest BCUT2D eigenvalue weighted by Gasteiger charge is -2.50. The summed E-state index contributed by atoms with van der Waals surface area (Å²) in [7, 11) is -3.15. The Bertz CT molecular complexity index is 465. The van der Waals surface area contributed by atoms with Gasteiger partial charge >= 0.3 is 7.67 Å². The SMILES string of the molecule is CC1(C)CC(OP(=O)(N(CCCl)CCCl)N2CC2)CC(C)(C)N1[O]. The molecule has 9 heteroatoms. The minimum absolute atomic E-state index is 0.236. The Labute approximate surface area is 155 Å². The van der Waals surface area contributed by atoms with Crippen molar-refractivity contribution in [3.05, 3.63) is 0 Å². The van der Waals surface area contributed by atoms with Crippen molar-refractivity contribution < 1.29 is 14.3 Å². The molecule has 24 heavy (non-hydrogen) atoms. The van der Waals surface area contributed by atoms with Crippen LogP contribution in [0.1, 0.15) is 40.5 Å². The lowest BCUT2D eigenvalue weighted by atomic mass is 9.80. The second-order valence-electron chi connectivity index (χ2n) is 7.83. The van der Waals surface area contributed by atoms with Crippen molar-refractivity contribution in [1.29, 1.82) is 0 Å². The summed E-state index contributed by atoms with van der Waals surface area (Å²) in [5, 5.41) is 13.7. The molecule has 0 aromatic carbocycles. The zero-order valence-electron chi connectivity index (χ0n) is 15.0. The molecule has 1 unspecified atom stereocenters. The van der Waals surface area contributed by atoms with Crippen molar-refractivity contribution in [2.24, 2.45) is 0 Å². The van der Waals surface area contributed by atoms with Crippen molar-refractivity contribution in [2.45, 2.75) is 57.7 Å². The lowest BCUT2D eigenvalue weighted by molar-refractivity contribution is -0.297. The van der Waals surface area contributed by atoms with Gasteiger partial charge < -0.3 is 4.52 Å². The summed E-state index contributed by atoms with van der Waals surface area (Å²) in [6.07, 6.45) is 0.862. The molecule has 2 rings (SSSR count). The number of hydrogen-bond acceptors (Lipinski definition) is 3. The number of rotatable bonds is 8. The molecule has 0 saturated carbocycles. The molecule has 2 fully saturated rings. The summed E-state index contributed by atoms with van der Waals surface area (Å²) in [5.74, 6) is 0.738. The van der Waals surface area contributed by atoms with Crippen molar-refractivity contribution >= 4 is 30.9 Å². The third-order valence-electron chi connectivity index (χ3n) is 4.66. The standard InChI is InChI=1S/C15H29Cl2N3O3P/c1-14(2)11-13(12-15(3,4)20(14)21)23-24(22,19-9-10-19)18(7-5-16)8-6-17/h13H,5-12H2,1-4H3. The van der Waals surface area contributed by atoms with E-state index in [9.17, 15) is 9.77 Å². The highest BCUT2D eigenvalue weighted by atomic mass is 35.5. The van der Waals surface area contributed by atoms with Gasteiger partial charge in [0.2, 0.25) is 0 Å². The molecular formula is C15H29Cl2N3O3P. The maximum absolute atomic E-state index is 13.6. The van der Waals surface area contributed by atoms with Gasteiger partial charge in [0.15, 0.2) is 0 Å². The predicted molar refractivity (Wildman–Crippen MR) is 97.0 cm³/mol. The van der Waals surface area contributed by atoms with Gasteiger partial charge in [-0.1, -0.05) is 0 Å². The first kappa shape index (κ1) is 20.9. The van der Waals surface area contributed by atoms with E-state index in [0.717, 1.165) is 18.2 Å². The van der Waals surface area contributed by atoms with Crippen LogP contribution in [0.4, 0.5) is 0 Å². The number of piperidine rings is 1. The van der Waals surface area contributed by atoms with E-state index in [2.05, 4.69) is 0 Å². The lowest BCUT2D eigenvalue weighted by Crippen LogP contribution is -2.59. The second kappa shape index (κ2) is 7.69. The van der Waals surface area contributed by atoms with Gasteiger partial charge in [0.1, 0.15) is 0 Å². The average molecular weight is 401 g/mol. The van der Waals surface area contributed by atoms with Crippen molar-refractivity contribution in [3.63, 3.8) is 0 Å². The van der Waals surface area contributed by atoms with E-state index in [1.54, 1.807) is 4.67 Å². The number of nitrogens with zero attached hydrogens (tertiary/aromatic N) is 3. The first-order valence-corrected chi connectivity index (χ1v) is 11.1. The molecule has 0 aliphatic carbocycles. The summed E-state index contributed by atoms with van der Waals surface area (Å²) in [6, 6.07) is 0. The maximum Gasteiger partial charge on any atom is 0.346 e. The Hall–Kier alpha value is 0.610. The third kappa shape index (κ3) is 4.47. The summed E-state index contributed by atoms with van der Waals surface area (Å²) in [6.45, 7) is 10.1. The van der Waals surface area contributed by atoms with Crippen LogP contribution in [0.3, 0.4) is 0 Å². The fourth-order valence-corrected chi connectivity index (χ4v) is 6.72. The third-order valence-corrected chi connectivity index (χ3v) is 7.80. The quantitative estimate of drug-likeness (QED) is 0.354. The summed E-state index contributed by atoms with van der Waals surface area (Å²) >= 11 is 11.8. The largest absolute Gasteiger partial charge is 0.346 e.